The van der Waals surface area contributed by atoms with Crippen molar-refractivity contribution >= 4 is 17.5 Å². The molecule has 1 amide bonds. The molecule has 0 aliphatic carbocycles. The lowest BCUT2D eigenvalue weighted by Crippen LogP contribution is -2.16. The molecule has 0 unspecified atom stereocenters. The molecule has 0 fully saturated rings. The Morgan fingerprint density at radius 2 is 2.23 bits per heavy atom. The summed E-state index contributed by atoms with van der Waals surface area (Å²) >= 11 is 0. The minimum atomic E-state index is -0.351. The van der Waals surface area contributed by atoms with Gasteiger partial charge in [0.1, 0.15) is 11.6 Å². The first kappa shape index (κ1) is 9.24. The fourth-order valence-corrected chi connectivity index (χ4v) is 0.751. The summed E-state index contributed by atoms with van der Waals surface area (Å²) < 4.78 is 0. The zero-order valence-corrected chi connectivity index (χ0v) is 7.03. The molecule has 6 heteroatoms. The number of primary amides is 1. The van der Waals surface area contributed by atoms with E-state index in [1.807, 2.05) is 0 Å². The van der Waals surface area contributed by atoms with Crippen molar-refractivity contribution in [2.75, 3.05) is 17.6 Å². The zero-order chi connectivity index (χ0) is 9.68. The van der Waals surface area contributed by atoms with Crippen molar-refractivity contribution in [3.05, 3.63) is 12.1 Å². The van der Waals surface area contributed by atoms with Crippen LogP contribution in [0.4, 0.5) is 11.6 Å². The van der Waals surface area contributed by atoms with E-state index in [9.17, 15) is 4.79 Å². The summed E-state index contributed by atoms with van der Waals surface area (Å²) in [4.78, 5) is 10.4. The molecular formula is C7H11N5O. The van der Waals surface area contributed by atoms with Gasteiger partial charge in [-0.1, -0.05) is 0 Å². The van der Waals surface area contributed by atoms with E-state index in [2.05, 4.69) is 15.5 Å². The SMILES string of the molecule is NC(=O)CCNc1ccc(N)nn1. The van der Waals surface area contributed by atoms with Crippen LogP contribution in [0.3, 0.4) is 0 Å². The van der Waals surface area contributed by atoms with Crippen LogP contribution in [-0.2, 0) is 4.79 Å². The lowest BCUT2D eigenvalue weighted by atomic mass is 10.4. The first-order valence-electron chi connectivity index (χ1n) is 3.80. The van der Waals surface area contributed by atoms with E-state index in [0.717, 1.165) is 0 Å². The Hall–Kier alpha value is -1.85. The van der Waals surface area contributed by atoms with Crippen LogP contribution in [0, 0.1) is 0 Å². The lowest BCUT2D eigenvalue weighted by molar-refractivity contribution is -0.117. The Labute approximate surface area is 75.3 Å². The Morgan fingerprint density at radius 1 is 1.46 bits per heavy atom. The average Bonchev–Trinajstić information content (AvgIpc) is 2.08. The molecule has 0 saturated carbocycles. The van der Waals surface area contributed by atoms with Gasteiger partial charge in [-0.05, 0) is 12.1 Å². The number of hydrogen-bond acceptors (Lipinski definition) is 5. The Balaban J connectivity index is 2.37. The number of hydrogen-bond donors (Lipinski definition) is 3. The molecule has 0 atom stereocenters. The number of carbonyl (C=O) groups excluding carboxylic acids is 1. The van der Waals surface area contributed by atoms with Crippen molar-refractivity contribution in [3.8, 4) is 0 Å². The first-order valence-corrected chi connectivity index (χ1v) is 3.80. The number of anilines is 2. The Kier molecular flexibility index (Phi) is 3.02. The largest absolute Gasteiger partial charge is 0.382 e. The minimum Gasteiger partial charge on any atom is -0.382 e. The highest BCUT2D eigenvalue weighted by Crippen LogP contribution is 2.01. The van der Waals surface area contributed by atoms with Crippen molar-refractivity contribution in [1.82, 2.24) is 10.2 Å². The summed E-state index contributed by atoms with van der Waals surface area (Å²) in [6, 6.07) is 3.31. The highest BCUT2D eigenvalue weighted by Gasteiger charge is 1.96. The van der Waals surface area contributed by atoms with Gasteiger partial charge in [0, 0.05) is 13.0 Å². The summed E-state index contributed by atoms with van der Waals surface area (Å²) in [7, 11) is 0. The van der Waals surface area contributed by atoms with Crippen molar-refractivity contribution in [2.45, 2.75) is 6.42 Å². The Bertz CT molecular complexity index is 283. The van der Waals surface area contributed by atoms with Crippen molar-refractivity contribution in [3.63, 3.8) is 0 Å². The molecule has 0 radical (unpaired) electrons. The van der Waals surface area contributed by atoms with Crippen molar-refractivity contribution in [1.29, 1.82) is 0 Å². The van der Waals surface area contributed by atoms with Gasteiger partial charge in [0.15, 0.2) is 0 Å². The number of amides is 1. The number of carbonyl (C=O) groups is 1. The van der Waals surface area contributed by atoms with Gasteiger partial charge in [-0.3, -0.25) is 4.79 Å². The van der Waals surface area contributed by atoms with Gasteiger partial charge in [-0.25, -0.2) is 0 Å². The molecule has 1 aromatic heterocycles. The zero-order valence-electron chi connectivity index (χ0n) is 7.03. The smallest absolute Gasteiger partial charge is 0.219 e. The summed E-state index contributed by atoms with van der Waals surface area (Å²) in [5, 5.41) is 10.2. The number of nitrogens with two attached hydrogens (primary N) is 2. The first-order chi connectivity index (χ1) is 6.18. The van der Waals surface area contributed by atoms with Crippen LogP contribution in [0.2, 0.25) is 0 Å². The van der Waals surface area contributed by atoms with Gasteiger partial charge in [0.2, 0.25) is 5.91 Å². The fourth-order valence-electron chi connectivity index (χ4n) is 0.751. The van der Waals surface area contributed by atoms with E-state index in [-0.39, 0.29) is 12.3 Å². The molecular weight excluding hydrogens is 170 g/mol. The average molecular weight is 181 g/mol. The summed E-state index contributed by atoms with van der Waals surface area (Å²) in [5.41, 5.74) is 10.3. The standard InChI is InChI=1S/C7H11N5O/c8-5-1-2-7(12-11-5)10-4-3-6(9)13/h1-2H,3-4H2,(H2,8,11)(H2,9,13)(H,10,12). The molecule has 1 rings (SSSR count). The second kappa shape index (κ2) is 4.24. The highest BCUT2D eigenvalue weighted by atomic mass is 16.1. The molecule has 0 aliphatic rings. The number of aromatic nitrogens is 2. The van der Waals surface area contributed by atoms with E-state index < -0.39 is 0 Å². The van der Waals surface area contributed by atoms with Crippen LogP contribution in [0.15, 0.2) is 12.1 Å². The number of rotatable bonds is 4. The van der Waals surface area contributed by atoms with E-state index in [1.165, 1.54) is 0 Å². The summed E-state index contributed by atoms with van der Waals surface area (Å²) in [5.74, 6) is 0.590. The maximum Gasteiger partial charge on any atom is 0.219 e. The maximum atomic E-state index is 10.4. The van der Waals surface area contributed by atoms with Crippen LogP contribution >= 0.6 is 0 Å². The van der Waals surface area contributed by atoms with Crippen molar-refractivity contribution < 1.29 is 4.79 Å². The summed E-state index contributed by atoms with van der Waals surface area (Å²) in [6.45, 7) is 0.452. The normalized spacial score (nSPS) is 9.54. The number of nitrogen functional groups attached to an aromatic ring is 1. The van der Waals surface area contributed by atoms with E-state index in [0.29, 0.717) is 18.2 Å². The number of nitrogens with one attached hydrogen (secondary N) is 1. The maximum absolute atomic E-state index is 10.4. The van der Waals surface area contributed by atoms with Gasteiger partial charge >= 0.3 is 0 Å². The molecule has 0 saturated heterocycles. The van der Waals surface area contributed by atoms with E-state index in [4.69, 9.17) is 11.5 Å². The van der Waals surface area contributed by atoms with E-state index >= 15 is 0 Å². The van der Waals surface area contributed by atoms with Gasteiger partial charge in [-0.15, -0.1) is 10.2 Å². The third-order valence-corrected chi connectivity index (χ3v) is 1.36. The minimum absolute atomic E-state index is 0.270. The quantitative estimate of drug-likeness (QED) is 0.572. The molecule has 6 nitrogen and oxygen atoms in total. The molecule has 1 heterocycles. The topological polar surface area (TPSA) is 107 Å². The van der Waals surface area contributed by atoms with Gasteiger partial charge in [0.05, 0.1) is 0 Å². The molecule has 1 aromatic rings. The predicted molar refractivity (Wildman–Crippen MR) is 48.7 cm³/mol. The van der Waals surface area contributed by atoms with E-state index in [1.54, 1.807) is 12.1 Å². The lowest BCUT2D eigenvalue weighted by Gasteiger charge is -2.01. The molecule has 70 valence electrons. The third-order valence-electron chi connectivity index (χ3n) is 1.36. The van der Waals surface area contributed by atoms with Crippen molar-refractivity contribution in [2.24, 2.45) is 5.73 Å². The fraction of sp³-hybridized carbons (Fsp3) is 0.286. The molecule has 0 spiro atoms. The van der Waals surface area contributed by atoms with Crippen LogP contribution in [0.1, 0.15) is 6.42 Å². The Morgan fingerprint density at radius 3 is 2.77 bits per heavy atom. The highest BCUT2D eigenvalue weighted by molar-refractivity contribution is 5.74. The van der Waals surface area contributed by atoms with Crippen LogP contribution in [-0.4, -0.2) is 22.6 Å². The molecule has 13 heavy (non-hydrogen) atoms. The molecule has 0 aromatic carbocycles. The second-order valence-electron chi connectivity index (χ2n) is 2.49. The second-order valence-corrected chi connectivity index (χ2v) is 2.49. The third kappa shape index (κ3) is 3.37. The molecule has 0 aliphatic heterocycles. The van der Waals surface area contributed by atoms with Gasteiger partial charge < -0.3 is 16.8 Å². The van der Waals surface area contributed by atoms with Gasteiger partial charge in [0.25, 0.3) is 0 Å². The van der Waals surface area contributed by atoms with Crippen LogP contribution in [0.25, 0.3) is 0 Å². The van der Waals surface area contributed by atoms with Crippen LogP contribution < -0.4 is 16.8 Å². The predicted octanol–water partition coefficient (Wildman–Crippen LogP) is -0.654. The van der Waals surface area contributed by atoms with Gasteiger partial charge in [-0.2, -0.15) is 0 Å². The monoisotopic (exact) mass is 181 g/mol. The molecule has 5 N–H and O–H groups in total. The molecule has 0 bridgehead atoms. The summed E-state index contributed by atoms with van der Waals surface area (Å²) in [6.07, 6.45) is 0.270. The number of nitrogens with zero attached hydrogens (tertiary/aromatic N) is 2. The van der Waals surface area contributed by atoms with Crippen LogP contribution in [0.5, 0.6) is 0 Å².